The Morgan fingerprint density at radius 1 is 1.17 bits per heavy atom. The molecule has 9 heteroatoms. The number of amides is 2. The van der Waals surface area contributed by atoms with Crippen LogP contribution in [0, 0.1) is 6.92 Å². The molecule has 1 aliphatic heterocycles. The van der Waals surface area contributed by atoms with E-state index in [1.54, 1.807) is 54.6 Å². The van der Waals surface area contributed by atoms with Crippen LogP contribution in [0.2, 0.25) is 0 Å². The zero-order valence-electron chi connectivity index (χ0n) is 20.2. The van der Waals surface area contributed by atoms with Crippen LogP contribution in [0.25, 0.3) is 16.8 Å². The van der Waals surface area contributed by atoms with Gasteiger partial charge >= 0.3 is 0 Å². The Bertz CT molecular complexity index is 1380. The van der Waals surface area contributed by atoms with Crippen LogP contribution < -0.4 is 15.4 Å². The molecule has 2 amide bonds. The highest BCUT2D eigenvalue weighted by Gasteiger charge is 2.23. The summed E-state index contributed by atoms with van der Waals surface area (Å²) in [6.45, 7) is 4.61. The molecule has 1 saturated heterocycles. The minimum absolute atomic E-state index is 0.109. The number of fused-ring (bicyclic) bond motifs is 1. The Balaban J connectivity index is 1.47. The van der Waals surface area contributed by atoms with Gasteiger partial charge in [0, 0.05) is 54.8 Å². The number of ether oxygens (including phenoxy) is 1. The fourth-order valence-corrected chi connectivity index (χ4v) is 4.22. The Morgan fingerprint density at radius 2 is 2.00 bits per heavy atom. The van der Waals surface area contributed by atoms with Gasteiger partial charge in [0.2, 0.25) is 5.89 Å². The molecule has 1 fully saturated rings. The maximum Gasteiger partial charge on any atom is 0.255 e. The van der Waals surface area contributed by atoms with E-state index in [0.29, 0.717) is 59.2 Å². The number of rotatable bonds is 5. The highest BCUT2D eigenvalue weighted by Crippen LogP contribution is 2.28. The summed E-state index contributed by atoms with van der Waals surface area (Å²) in [7, 11) is 1.57. The molecule has 9 nitrogen and oxygen atoms in total. The van der Waals surface area contributed by atoms with Crippen molar-refractivity contribution in [3.8, 4) is 5.75 Å². The minimum atomic E-state index is -0.292. The van der Waals surface area contributed by atoms with Gasteiger partial charge in [-0.1, -0.05) is 12.1 Å². The lowest BCUT2D eigenvalue weighted by atomic mass is 10.1. The molecule has 1 aliphatic carbocycles. The smallest absolute Gasteiger partial charge is 0.255 e. The number of carbonyl (C=O) groups is 2. The van der Waals surface area contributed by atoms with Crippen molar-refractivity contribution in [1.82, 2.24) is 25.5 Å². The molecular formula is C27H27N5O4. The van der Waals surface area contributed by atoms with Gasteiger partial charge < -0.3 is 24.7 Å². The molecule has 0 spiro atoms. The van der Waals surface area contributed by atoms with Crippen LogP contribution in [-0.4, -0.2) is 60.0 Å². The molecule has 1 aromatic carbocycles. The van der Waals surface area contributed by atoms with Crippen LogP contribution in [0.3, 0.4) is 0 Å². The lowest BCUT2D eigenvalue weighted by Crippen LogP contribution is -2.46. The van der Waals surface area contributed by atoms with Gasteiger partial charge in [-0.25, -0.2) is 4.98 Å². The number of methoxy groups -OCH3 is 1. The summed E-state index contributed by atoms with van der Waals surface area (Å²) in [5, 5.41) is 6.20. The summed E-state index contributed by atoms with van der Waals surface area (Å²) in [5.41, 5.74) is 4.18. The lowest BCUT2D eigenvalue weighted by Gasteiger charge is -2.27. The Morgan fingerprint density at radius 3 is 2.78 bits per heavy atom. The van der Waals surface area contributed by atoms with Crippen molar-refractivity contribution >= 4 is 28.6 Å². The number of aromatic nitrogens is 2. The second-order valence-electron chi connectivity index (χ2n) is 8.66. The van der Waals surface area contributed by atoms with Gasteiger partial charge in [0.25, 0.3) is 11.8 Å². The first-order chi connectivity index (χ1) is 17.5. The number of oxazole rings is 1. The number of allylic oxidation sites excluding steroid dienone is 3. The molecule has 0 atom stereocenters. The predicted octanol–water partition coefficient (Wildman–Crippen LogP) is 3.00. The van der Waals surface area contributed by atoms with Gasteiger partial charge in [-0.3, -0.25) is 9.59 Å². The number of piperazine rings is 1. The van der Waals surface area contributed by atoms with Gasteiger partial charge in [-0.2, -0.15) is 4.98 Å². The molecule has 3 aromatic rings. The average Bonchev–Trinajstić information content (AvgIpc) is 3.23. The summed E-state index contributed by atoms with van der Waals surface area (Å²) < 4.78 is 11.3. The number of hydrogen-bond donors (Lipinski definition) is 2. The van der Waals surface area contributed by atoms with E-state index in [1.165, 1.54) is 0 Å². The van der Waals surface area contributed by atoms with Crippen molar-refractivity contribution in [3.05, 3.63) is 83.0 Å². The SMILES string of the molecule is COc1cc(C(=O)NC2=CCC(c3nc4ncccc4o3)=CC(C(=O)N3CCNCC3)=C2)ccc1C. The van der Waals surface area contributed by atoms with Crippen LogP contribution >= 0.6 is 0 Å². The second kappa shape index (κ2) is 10.2. The van der Waals surface area contributed by atoms with Gasteiger partial charge in [-0.05, 0) is 55.3 Å². The number of pyridine rings is 1. The summed E-state index contributed by atoms with van der Waals surface area (Å²) >= 11 is 0. The molecule has 0 bridgehead atoms. The lowest BCUT2D eigenvalue weighted by molar-refractivity contribution is -0.127. The van der Waals surface area contributed by atoms with E-state index in [1.807, 2.05) is 19.1 Å². The monoisotopic (exact) mass is 485 g/mol. The summed E-state index contributed by atoms with van der Waals surface area (Å²) in [5.74, 6) is 0.632. The summed E-state index contributed by atoms with van der Waals surface area (Å²) in [4.78, 5) is 37.1. The molecule has 0 saturated carbocycles. The Kier molecular flexibility index (Phi) is 6.64. The van der Waals surface area contributed by atoms with Crippen LogP contribution in [-0.2, 0) is 4.79 Å². The van der Waals surface area contributed by atoms with E-state index < -0.39 is 0 Å². The van der Waals surface area contributed by atoms with Gasteiger partial charge in [0.15, 0.2) is 11.2 Å². The Labute approximate surface area is 208 Å². The molecule has 36 heavy (non-hydrogen) atoms. The van der Waals surface area contributed by atoms with Crippen molar-refractivity contribution in [2.75, 3.05) is 33.3 Å². The molecule has 2 N–H and O–H groups in total. The molecule has 3 heterocycles. The van der Waals surface area contributed by atoms with Crippen molar-refractivity contribution in [2.24, 2.45) is 0 Å². The third kappa shape index (κ3) is 4.92. The first kappa shape index (κ1) is 23.5. The largest absolute Gasteiger partial charge is 0.496 e. The molecule has 184 valence electrons. The number of nitrogens with one attached hydrogen (secondary N) is 2. The molecule has 0 radical (unpaired) electrons. The van der Waals surface area contributed by atoms with Crippen molar-refractivity contribution in [2.45, 2.75) is 13.3 Å². The van der Waals surface area contributed by atoms with Crippen LogP contribution in [0.4, 0.5) is 0 Å². The highest BCUT2D eigenvalue weighted by molar-refractivity contribution is 6.00. The average molecular weight is 486 g/mol. The Hall–Kier alpha value is -4.24. The number of hydrogen-bond acceptors (Lipinski definition) is 7. The maximum atomic E-state index is 13.4. The van der Waals surface area contributed by atoms with E-state index >= 15 is 0 Å². The normalized spacial score (nSPS) is 16.1. The molecule has 0 unspecified atom stereocenters. The predicted molar refractivity (Wildman–Crippen MR) is 135 cm³/mol. The molecule has 2 aromatic heterocycles. The zero-order chi connectivity index (χ0) is 25.1. The van der Waals surface area contributed by atoms with Gasteiger partial charge in [0.1, 0.15) is 5.75 Å². The standard InChI is InChI=1S/C27H27N5O4/c1-17-5-6-18(16-23(17)35-2)25(33)30-21-8-7-19(26-31-24-22(36-26)4-3-9-29-24)14-20(15-21)27(34)32-12-10-28-11-13-32/h3-6,8-9,14-16,28H,7,10-13H2,1-2H3,(H,30,33). The quantitative estimate of drug-likeness (QED) is 0.572. The van der Waals surface area contributed by atoms with E-state index in [-0.39, 0.29) is 11.8 Å². The van der Waals surface area contributed by atoms with Crippen molar-refractivity contribution < 1.29 is 18.7 Å². The van der Waals surface area contributed by atoms with E-state index in [0.717, 1.165) is 24.2 Å². The molecular weight excluding hydrogens is 458 g/mol. The van der Waals surface area contributed by atoms with Crippen molar-refractivity contribution in [1.29, 1.82) is 0 Å². The topological polar surface area (TPSA) is 110 Å². The minimum Gasteiger partial charge on any atom is -0.496 e. The maximum absolute atomic E-state index is 13.4. The zero-order valence-corrected chi connectivity index (χ0v) is 20.2. The highest BCUT2D eigenvalue weighted by atomic mass is 16.5. The van der Waals surface area contributed by atoms with E-state index in [4.69, 9.17) is 9.15 Å². The summed E-state index contributed by atoms with van der Waals surface area (Å²) in [6, 6.07) is 8.87. The van der Waals surface area contributed by atoms with E-state index in [2.05, 4.69) is 20.6 Å². The van der Waals surface area contributed by atoms with Gasteiger partial charge in [0.05, 0.1) is 7.11 Å². The third-order valence-electron chi connectivity index (χ3n) is 6.20. The van der Waals surface area contributed by atoms with Crippen molar-refractivity contribution in [3.63, 3.8) is 0 Å². The van der Waals surface area contributed by atoms with Gasteiger partial charge in [-0.15, -0.1) is 0 Å². The first-order valence-electron chi connectivity index (χ1n) is 11.8. The number of benzene rings is 1. The number of carbonyl (C=O) groups excluding carboxylic acids is 2. The first-order valence-corrected chi connectivity index (χ1v) is 11.8. The number of nitrogens with zero attached hydrogens (tertiary/aromatic N) is 3. The summed E-state index contributed by atoms with van der Waals surface area (Å²) in [6.07, 6.45) is 7.42. The van der Waals surface area contributed by atoms with Crippen LogP contribution in [0.5, 0.6) is 5.75 Å². The third-order valence-corrected chi connectivity index (χ3v) is 6.20. The van der Waals surface area contributed by atoms with Crippen LogP contribution in [0.15, 0.2) is 70.4 Å². The fourth-order valence-electron chi connectivity index (χ4n) is 4.22. The number of aryl methyl sites for hydroxylation is 1. The second-order valence-corrected chi connectivity index (χ2v) is 8.66. The van der Waals surface area contributed by atoms with Crippen LogP contribution in [0.1, 0.15) is 28.2 Å². The molecule has 5 rings (SSSR count). The molecule has 2 aliphatic rings. The fraction of sp³-hybridized carbons (Fsp3) is 0.259. The van der Waals surface area contributed by atoms with E-state index in [9.17, 15) is 9.59 Å².